The van der Waals surface area contributed by atoms with Gasteiger partial charge in [0.15, 0.2) is 5.13 Å². The molecule has 7 nitrogen and oxygen atoms in total. The molecule has 2 aromatic heterocycles. The third-order valence-corrected chi connectivity index (χ3v) is 4.17. The lowest BCUT2D eigenvalue weighted by Gasteiger charge is -2.11. The van der Waals surface area contributed by atoms with E-state index in [-0.39, 0.29) is 11.7 Å². The molecular formula is C18H19N3O4S. The number of benzene rings is 1. The van der Waals surface area contributed by atoms with Gasteiger partial charge in [-0.1, -0.05) is 5.16 Å². The van der Waals surface area contributed by atoms with Crippen molar-refractivity contribution in [2.24, 2.45) is 0 Å². The van der Waals surface area contributed by atoms with Crippen molar-refractivity contribution in [3.05, 3.63) is 41.1 Å². The third kappa shape index (κ3) is 4.02. The SMILES string of the molecule is CCOc1ccc(OCC)c(-c2csc(NC(=O)c3cc(C)no3)n2)c1. The molecule has 0 aliphatic carbocycles. The van der Waals surface area contributed by atoms with Gasteiger partial charge < -0.3 is 14.0 Å². The molecular weight excluding hydrogens is 354 g/mol. The second-order valence-corrected chi connectivity index (χ2v) is 6.21. The van der Waals surface area contributed by atoms with Crippen molar-refractivity contribution in [2.75, 3.05) is 18.5 Å². The van der Waals surface area contributed by atoms with Crippen LogP contribution in [0.2, 0.25) is 0 Å². The topological polar surface area (TPSA) is 86.5 Å². The number of nitrogens with one attached hydrogen (secondary N) is 1. The Morgan fingerprint density at radius 3 is 2.73 bits per heavy atom. The summed E-state index contributed by atoms with van der Waals surface area (Å²) in [6.07, 6.45) is 0. The Kier molecular flexibility index (Phi) is 5.52. The highest BCUT2D eigenvalue weighted by atomic mass is 32.1. The maximum Gasteiger partial charge on any atom is 0.296 e. The van der Waals surface area contributed by atoms with E-state index in [9.17, 15) is 4.79 Å². The highest BCUT2D eigenvalue weighted by Gasteiger charge is 2.16. The lowest BCUT2D eigenvalue weighted by molar-refractivity contribution is 0.0988. The fraction of sp³-hybridized carbons (Fsp3) is 0.278. The van der Waals surface area contributed by atoms with Crippen LogP contribution in [0.3, 0.4) is 0 Å². The molecule has 0 aliphatic heterocycles. The van der Waals surface area contributed by atoms with E-state index in [1.54, 1.807) is 13.0 Å². The molecule has 3 rings (SSSR count). The molecule has 136 valence electrons. The average Bonchev–Trinajstić information content (AvgIpc) is 3.26. The maximum absolute atomic E-state index is 12.2. The van der Waals surface area contributed by atoms with Gasteiger partial charge in [0.1, 0.15) is 11.5 Å². The van der Waals surface area contributed by atoms with E-state index in [0.717, 1.165) is 11.3 Å². The fourth-order valence-corrected chi connectivity index (χ4v) is 3.04. The smallest absolute Gasteiger partial charge is 0.296 e. The first-order chi connectivity index (χ1) is 12.6. The number of amides is 1. The number of anilines is 1. The summed E-state index contributed by atoms with van der Waals surface area (Å²) < 4.78 is 16.2. The minimum Gasteiger partial charge on any atom is -0.494 e. The van der Waals surface area contributed by atoms with E-state index in [0.29, 0.717) is 35.5 Å². The Bertz CT molecular complexity index is 903. The number of nitrogens with zero attached hydrogens (tertiary/aromatic N) is 2. The molecule has 0 fully saturated rings. The Morgan fingerprint density at radius 2 is 2.04 bits per heavy atom. The Labute approximate surface area is 154 Å². The summed E-state index contributed by atoms with van der Waals surface area (Å²) in [5.74, 6) is 1.21. The summed E-state index contributed by atoms with van der Waals surface area (Å²) in [6.45, 7) is 6.72. The predicted octanol–water partition coefficient (Wildman–Crippen LogP) is 4.16. The molecule has 0 spiro atoms. The fourth-order valence-electron chi connectivity index (χ4n) is 2.33. The van der Waals surface area contributed by atoms with Crippen molar-refractivity contribution in [2.45, 2.75) is 20.8 Å². The summed E-state index contributed by atoms with van der Waals surface area (Å²) in [7, 11) is 0. The van der Waals surface area contributed by atoms with Crippen LogP contribution in [-0.2, 0) is 0 Å². The maximum atomic E-state index is 12.2. The molecule has 0 aliphatic rings. The molecule has 0 atom stereocenters. The molecule has 0 saturated heterocycles. The summed E-state index contributed by atoms with van der Waals surface area (Å²) in [4.78, 5) is 16.6. The van der Waals surface area contributed by atoms with Gasteiger partial charge >= 0.3 is 0 Å². The number of carbonyl (C=O) groups is 1. The first-order valence-electron chi connectivity index (χ1n) is 8.21. The van der Waals surface area contributed by atoms with E-state index in [2.05, 4.69) is 15.5 Å². The number of rotatable bonds is 7. The zero-order chi connectivity index (χ0) is 18.5. The second-order valence-electron chi connectivity index (χ2n) is 5.35. The molecule has 1 N–H and O–H groups in total. The molecule has 0 unspecified atom stereocenters. The van der Waals surface area contributed by atoms with Crippen molar-refractivity contribution in [1.82, 2.24) is 10.1 Å². The Hall–Kier alpha value is -2.87. The lowest BCUT2D eigenvalue weighted by atomic mass is 10.1. The van der Waals surface area contributed by atoms with Crippen molar-refractivity contribution < 1.29 is 18.8 Å². The van der Waals surface area contributed by atoms with Crippen LogP contribution in [0, 0.1) is 6.92 Å². The normalized spacial score (nSPS) is 10.6. The molecule has 0 bridgehead atoms. The standard InChI is InChI=1S/C18H19N3O4S/c1-4-23-12-6-7-15(24-5-2)13(9-12)14-10-26-18(19-14)20-17(22)16-8-11(3)21-25-16/h6-10H,4-5H2,1-3H3,(H,19,20,22). The van der Waals surface area contributed by atoms with Crippen molar-refractivity contribution in [3.8, 4) is 22.8 Å². The number of aromatic nitrogens is 2. The van der Waals surface area contributed by atoms with Crippen LogP contribution in [-0.4, -0.2) is 29.3 Å². The van der Waals surface area contributed by atoms with Crippen LogP contribution in [0.5, 0.6) is 11.5 Å². The molecule has 0 radical (unpaired) electrons. The van der Waals surface area contributed by atoms with Crippen molar-refractivity contribution in [3.63, 3.8) is 0 Å². The van der Waals surface area contributed by atoms with Gasteiger partial charge in [-0.05, 0) is 39.0 Å². The first kappa shape index (κ1) is 17.9. The number of aryl methyl sites for hydroxylation is 1. The van der Waals surface area contributed by atoms with E-state index in [1.165, 1.54) is 11.3 Å². The van der Waals surface area contributed by atoms with Crippen LogP contribution in [0.4, 0.5) is 5.13 Å². The van der Waals surface area contributed by atoms with E-state index in [4.69, 9.17) is 14.0 Å². The zero-order valence-corrected chi connectivity index (χ0v) is 15.6. The van der Waals surface area contributed by atoms with E-state index >= 15 is 0 Å². The molecule has 3 aromatic rings. The van der Waals surface area contributed by atoms with Gasteiger partial charge in [0, 0.05) is 17.0 Å². The van der Waals surface area contributed by atoms with Crippen LogP contribution < -0.4 is 14.8 Å². The van der Waals surface area contributed by atoms with E-state index < -0.39 is 0 Å². The van der Waals surface area contributed by atoms with Crippen LogP contribution >= 0.6 is 11.3 Å². The van der Waals surface area contributed by atoms with Gasteiger partial charge in [-0.3, -0.25) is 10.1 Å². The number of hydrogen-bond acceptors (Lipinski definition) is 7. The highest BCUT2D eigenvalue weighted by molar-refractivity contribution is 7.14. The van der Waals surface area contributed by atoms with Crippen LogP contribution in [0.15, 0.2) is 34.2 Å². The number of ether oxygens (including phenoxy) is 2. The minimum absolute atomic E-state index is 0.146. The second kappa shape index (κ2) is 8.01. The third-order valence-electron chi connectivity index (χ3n) is 3.41. The van der Waals surface area contributed by atoms with Gasteiger partial charge in [-0.2, -0.15) is 0 Å². The zero-order valence-electron chi connectivity index (χ0n) is 14.7. The number of hydrogen-bond donors (Lipinski definition) is 1. The van der Waals surface area contributed by atoms with Crippen molar-refractivity contribution >= 4 is 22.4 Å². The van der Waals surface area contributed by atoms with Gasteiger partial charge in [0.2, 0.25) is 5.76 Å². The van der Waals surface area contributed by atoms with Gasteiger partial charge in [0.05, 0.1) is 24.6 Å². The summed E-state index contributed by atoms with van der Waals surface area (Å²) in [6, 6.07) is 7.18. The first-order valence-corrected chi connectivity index (χ1v) is 9.08. The minimum atomic E-state index is -0.389. The van der Waals surface area contributed by atoms with Crippen LogP contribution in [0.1, 0.15) is 30.1 Å². The Morgan fingerprint density at radius 1 is 1.23 bits per heavy atom. The van der Waals surface area contributed by atoms with Gasteiger partial charge in [-0.25, -0.2) is 4.98 Å². The lowest BCUT2D eigenvalue weighted by Crippen LogP contribution is -2.10. The largest absolute Gasteiger partial charge is 0.494 e. The molecule has 8 heteroatoms. The molecule has 1 amide bonds. The monoisotopic (exact) mass is 373 g/mol. The average molecular weight is 373 g/mol. The summed E-state index contributed by atoms with van der Waals surface area (Å²) in [5, 5.41) is 8.74. The number of carbonyl (C=O) groups excluding carboxylic acids is 1. The van der Waals surface area contributed by atoms with Gasteiger partial charge in [-0.15, -0.1) is 11.3 Å². The highest BCUT2D eigenvalue weighted by Crippen LogP contribution is 2.35. The van der Waals surface area contributed by atoms with Crippen LogP contribution in [0.25, 0.3) is 11.3 Å². The molecule has 1 aromatic carbocycles. The van der Waals surface area contributed by atoms with Gasteiger partial charge in [0.25, 0.3) is 5.91 Å². The predicted molar refractivity (Wildman–Crippen MR) is 99.1 cm³/mol. The molecule has 0 saturated carbocycles. The van der Waals surface area contributed by atoms with Crippen molar-refractivity contribution in [1.29, 1.82) is 0 Å². The molecule has 2 heterocycles. The quantitative estimate of drug-likeness (QED) is 0.669. The van der Waals surface area contributed by atoms with E-state index in [1.807, 2.05) is 37.4 Å². The summed E-state index contributed by atoms with van der Waals surface area (Å²) in [5.41, 5.74) is 2.15. The summed E-state index contributed by atoms with van der Waals surface area (Å²) >= 11 is 1.32. The number of thiazole rings is 1. The molecule has 26 heavy (non-hydrogen) atoms. The Balaban J connectivity index is 1.84.